The lowest BCUT2D eigenvalue weighted by atomic mass is 10.0. The van der Waals surface area contributed by atoms with E-state index in [1.165, 1.54) is 12.1 Å². The van der Waals surface area contributed by atoms with Gasteiger partial charge in [-0.1, -0.05) is 17.7 Å². The van der Waals surface area contributed by atoms with E-state index in [4.69, 9.17) is 17.4 Å². The minimum Gasteiger partial charge on any atom is -0.271 e. The SMILES string of the molecule is NNC(CCC(F)(F)F)Cc1ccc(Cl)c(F)c1. The van der Waals surface area contributed by atoms with Crippen molar-refractivity contribution in [2.75, 3.05) is 0 Å². The fourth-order valence-corrected chi connectivity index (χ4v) is 1.65. The van der Waals surface area contributed by atoms with Crippen molar-refractivity contribution in [2.24, 2.45) is 5.84 Å². The standard InChI is InChI=1S/C11H13ClF4N2/c12-9-2-1-7(6-10(9)13)5-8(18-17)3-4-11(14,15)16/h1-2,6,8,18H,3-5,17H2. The molecule has 0 bridgehead atoms. The Morgan fingerprint density at radius 1 is 1.33 bits per heavy atom. The highest BCUT2D eigenvalue weighted by atomic mass is 35.5. The van der Waals surface area contributed by atoms with Crippen LogP contribution in [0.3, 0.4) is 0 Å². The number of benzene rings is 1. The highest BCUT2D eigenvalue weighted by molar-refractivity contribution is 6.30. The lowest BCUT2D eigenvalue weighted by Crippen LogP contribution is -2.37. The summed E-state index contributed by atoms with van der Waals surface area (Å²) in [4.78, 5) is 0. The summed E-state index contributed by atoms with van der Waals surface area (Å²) in [7, 11) is 0. The Morgan fingerprint density at radius 2 is 2.00 bits per heavy atom. The first-order chi connectivity index (χ1) is 8.31. The van der Waals surface area contributed by atoms with E-state index in [1.807, 2.05) is 0 Å². The van der Waals surface area contributed by atoms with Gasteiger partial charge in [-0.15, -0.1) is 0 Å². The van der Waals surface area contributed by atoms with Crippen molar-refractivity contribution < 1.29 is 17.6 Å². The molecular formula is C11H13ClF4N2. The van der Waals surface area contributed by atoms with Crippen molar-refractivity contribution in [3.63, 3.8) is 0 Å². The third-order valence-electron chi connectivity index (χ3n) is 2.48. The average molecular weight is 285 g/mol. The van der Waals surface area contributed by atoms with E-state index in [-0.39, 0.29) is 17.9 Å². The molecule has 0 heterocycles. The quantitative estimate of drug-likeness (QED) is 0.495. The van der Waals surface area contributed by atoms with Crippen LogP contribution in [0.2, 0.25) is 5.02 Å². The number of nitrogens with one attached hydrogen (secondary N) is 1. The smallest absolute Gasteiger partial charge is 0.271 e. The second kappa shape index (κ2) is 6.36. The molecule has 1 aromatic rings. The van der Waals surface area contributed by atoms with Crippen LogP contribution >= 0.6 is 11.6 Å². The lowest BCUT2D eigenvalue weighted by molar-refractivity contribution is -0.136. The molecule has 1 aromatic carbocycles. The van der Waals surface area contributed by atoms with E-state index < -0.39 is 24.5 Å². The van der Waals surface area contributed by atoms with Crippen LogP contribution in [-0.4, -0.2) is 12.2 Å². The number of hydrogen-bond acceptors (Lipinski definition) is 2. The van der Waals surface area contributed by atoms with Crippen LogP contribution in [-0.2, 0) is 6.42 Å². The first kappa shape index (κ1) is 15.2. The first-order valence-corrected chi connectivity index (χ1v) is 5.66. The van der Waals surface area contributed by atoms with E-state index in [0.29, 0.717) is 5.56 Å². The first-order valence-electron chi connectivity index (χ1n) is 5.28. The van der Waals surface area contributed by atoms with Crippen molar-refractivity contribution in [3.05, 3.63) is 34.6 Å². The van der Waals surface area contributed by atoms with E-state index in [2.05, 4.69) is 5.43 Å². The van der Waals surface area contributed by atoms with Crippen LogP contribution in [0.15, 0.2) is 18.2 Å². The van der Waals surface area contributed by atoms with Crippen LogP contribution in [0, 0.1) is 5.82 Å². The number of alkyl halides is 3. The van der Waals surface area contributed by atoms with Crippen molar-refractivity contribution in [1.82, 2.24) is 5.43 Å². The summed E-state index contributed by atoms with van der Waals surface area (Å²) in [5, 5.41) is -0.0219. The molecule has 0 radical (unpaired) electrons. The maximum Gasteiger partial charge on any atom is 0.389 e. The summed E-state index contributed by atoms with van der Waals surface area (Å²) in [6.45, 7) is 0. The molecule has 0 spiro atoms. The Labute approximate surface area is 107 Å². The van der Waals surface area contributed by atoms with Crippen molar-refractivity contribution >= 4 is 11.6 Å². The zero-order valence-corrected chi connectivity index (χ0v) is 10.2. The second-order valence-corrected chi connectivity index (χ2v) is 4.38. The number of rotatable bonds is 5. The predicted octanol–water partition coefficient (Wildman–Crippen LogP) is 3.20. The number of hydrazine groups is 1. The van der Waals surface area contributed by atoms with Crippen LogP contribution in [0.4, 0.5) is 17.6 Å². The molecule has 0 aliphatic carbocycles. The molecule has 18 heavy (non-hydrogen) atoms. The minimum atomic E-state index is -4.22. The monoisotopic (exact) mass is 284 g/mol. The molecule has 1 unspecified atom stereocenters. The summed E-state index contributed by atoms with van der Waals surface area (Å²) < 4.78 is 49.3. The Balaban J connectivity index is 2.59. The van der Waals surface area contributed by atoms with Crippen LogP contribution < -0.4 is 11.3 Å². The molecule has 0 saturated carbocycles. The van der Waals surface area contributed by atoms with Gasteiger partial charge in [0.15, 0.2) is 0 Å². The van der Waals surface area contributed by atoms with Gasteiger partial charge in [-0.2, -0.15) is 13.2 Å². The van der Waals surface area contributed by atoms with Gasteiger partial charge in [-0.05, 0) is 30.5 Å². The molecule has 0 aliphatic rings. The van der Waals surface area contributed by atoms with Gasteiger partial charge in [0.25, 0.3) is 0 Å². The van der Waals surface area contributed by atoms with Gasteiger partial charge in [-0.25, -0.2) is 4.39 Å². The topological polar surface area (TPSA) is 38.0 Å². The Kier molecular flexibility index (Phi) is 5.37. The summed E-state index contributed by atoms with van der Waals surface area (Å²) in [5.41, 5.74) is 2.85. The van der Waals surface area contributed by atoms with Gasteiger partial charge >= 0.3 is 6.18 Å². The molecule has 0 aliphatic heterocycles. The average Bonchev–Trinajstić information content (AvgIpc) is 2.28. The summed E-state index contributed by atoms with van der Waals surface area (Å²) in [5.74, 6) is 4.58. The van der Waals surface area contributed by atoms with Gasteiger partial charge in [0.05, 0.1) is 5.02 Å². The third-order valence-corrected chi connectivity index (χ3v) is 2.78. The fourth-order valence-electron chi connectivity index (χ4n) is 1.53. The van der Waals surface area contributed by atoms with Gasteiger partial charge in [-0.3, -0.25) is 11.3 Å². The molecule has 102 valence electrons. The van der Waals surface area contributed by atoms with Gasteiger partial charge in [0.1, 0.15) is 5.82 Å². The lowest BCUT2D eigenvalue weighted by Gasteiger charge is -2.17. The normalized spacial score (nSPS) is 13.7. The minimum absolute atomic E-state index is 0.0219. The van der Waals surface area contributed by atoms with E-state index >= 15 is 0 Å². The van der Waals surface area contributed by atoms with Gasteiger partial charge in [0.2, 0.25) is 0 Å². The van der Waals surface area contributed by atoms with E-state index in [1.54, 1.807) is 6.07 Å². The van der Waals surface area contributed by atoms with Crippen molar-refractivity contribution in [3.8, 4) is 0 Å². The molecule has 3 N–H and O–H groups in total. The Bertz CT molecular complexity index is 395. The number of halogens is 5. The largest absolute Gasteiger partial charge is 0.389 e. The molecule has 0 saturated heterocycles. The molecule has 1 atom stereocenters. The molecule has 1 rings (SSSR count). The maximum atomic E-state index is 13.1. The number of nitrogens with two attached hydrogens (primary N) is 1. The highest BCUT2D eigenvalue weighted by Gasteiger charge is 2.28. The molecule has 0 aromatic heterocycles. The van der Waals surface area contributed by atoms with Crippen molar-refractivity contribution in [1.29, 1.82) is 0 Å². The molecule has 0 fully saturated rings. The van der Waals surface area contributed by atoms with Crippen LogP contribution in [0.5, 0.6) is 0 Å². The van der Waals surface area contributed by atoms with Crippen molar-refractivity contribution in [2.45, 2.75) is 31.5 Å². The maximum absolute atomic E-state index is 13.1. The van der Waals surface area contributed by atoms with E-state index in [9.17, 15) is 17.6 Å². The molecule has 0 amide bonds. The molecular weight excluding hydrogens is 272 g/mol. The molecule has 7 heteroatoms. The zero-order valence-electron chi connectivity index (χ0n) is 9.40. The summed E-state index contributed by atoms with van der Waals surface area (Å²) >= 11 is 5.51. The fraction of sp³-hybridized carbons (Fsp3) is 0.455. The van der Waals surface area contributed by atoms with Crippen LogP contribution in [0.25, 0.3) is 0 Å². The predicted molar refractivity (Wildman–Crippen MR) is 61.5 cm³/mol. The van der Waals surface area contributed by atoms with E-state index in [0.717, 1.165) is 0 Å². The summed E-state index contributed by atoms with van der Waals surface area (Å²) in [6.07, 6.45) is -5.11. The molecule has 2 nitrogen and oxygen atoms in total. The van der Waals surface area contributed by atoms with Gasteiger partial charge in [0, 0.05) is 12.5 Å². The third kappa shape index (κ3) is 5.20. The number of hydrogen-bond donors (Lipinski definition) is 2. The van der Waals surface area contributed by atoms with Crippen LogP contribution in [0.1, 0.15) is 18.4 Å². The second-order valence-electron chi connectivity index (χ2n) is 3.97. The Morgan fingerprint density at radius 3 is 2.50 bits per heavy atom. The zero-order chi connectivity index (χ0) is 13.8. The Hall–Kier alpha value is -0.850. The van der Waals surface area contributed by atoms with Gasteiger partial charge < -0.3 is 0 Å². The highest BCUT2D eigenvalue weighted by Crippen LogP contribution is 2.23. The summed E-state index contributed by atoms with van der Waals surface area (Å²) in [6, 6.07) is 3.56.